The minimum atomic E-state index is -0.329. The fourth-order valence-corrected chi connectivity index (χ4v) is 2.46. The molecule has 128 valence electrons. The highest BCUT2D eigenvalue weighted by molar-refractivity contribution is 5.94. The van der Waals surface area contributed by atoms with Crippen LogP contribution in [0, 0.1) is 11.7 Å². The molecular formula is C20H20FN3O. The molecule has 1 amide bonds. The molecule has 0 aliphatic heterocycles. The van der Waals surface area contributed by atoms with E-state index in [0.717, 1.165) is 5.56 Å². The van der Waals surface area contributed by atoms with Crippen LogP contribution in [-0.4, -0.2) is 22.2 Å². The normalized spacial score (nSPS) is 10.9. The number of amides is 1. The Bertz CT molecular complexity index is 854. The Balaban J connectivity index is 2.03. The number of nitrogens with zero attached hydrogens (tertiary/aromatic N) is 2. The standard InChI is InChI=1S/C20H20FN3O/c1-14(2)13-22-20(25)19-12-18(15-6-4-3-5-7-15)23-24(19)17-10-8-16(21)9-11-17/h3-12,14H,13H2,1-2H3,(H,22,25). The van der Waals surface area contributed by atoms with E-state index in [1.165, 1.54) is 12.1 Å². The van der Waals surface area contributed by atoms with Crippen molar-refractivity contribution in [2.24, 2.45) is 5.92 Å². The van der Waals surface area contributed by atoms with E-state index < -0.39 is 0 Å². The lowest BCUT2D eigenvalue weighted by Crippen LogP contribution is -2.29. The second-order valence-electron chi connectivity index (χ2n) is 6.27. The molecule has 0 saturated heterocycles. The maximum atomic E-state index is 13.2. The highest BCUT2D eigenvalue weighted by Crippen LogP contribution is 2.22. The van der Waals surface area contributed by atoms with Crippen LogP contribution in [0.2, 0.25) is 0 Å². The molecule has 3 aromatic rings. The molecule has 0 spiro atoms. The average Bonchev–Trinajstić information content (AvgIpc) is 3.06. The van der Waals surface area contributed by atoms with Gasteiger partial charge in [0.05, 0.1) is 11.4 Å². The van der Waals surface area contributed by atoms with Crippen LogP contribution in [0.3, 0.4) is 0 Å². The van der Waals surface area contributed by atoms with E-state index >= 15 is 0 Å². The summed E-state index contributed by atoms with van der Waals surface area (Å²) in [7, 11) is 0. The van der Waals surface area contributed by atoms with Crippen molar-refractivity contribution >= 4 is 5.91 Å². The number of aromatic nitrogens is 2. The Morgan fingerprint density at radius 2 is 1.80 bits per heavy atom. The molecule has 0 unspecified atom stereocenters. The fourth-order valence-electron chi connectivity index (χ4n) is 2.46. The predicted octanol–water partition coefficient (Wildman–Crippen LogP) is 4.06. The van der Waals surface area contributed by atoms with Crippen molar-refractivity contribution < 1.29 is 9.18 Å². The van der Waals surface area contributed by atoms with Gasteiger partial charge in [-0.15, -0.1) is 0 Å². The first-order valence-electron chi connectivity index (χ1n) is 8.24. The number of carbonyl (C=O) groups excluding carboxylic acids is 1. The first kappa shape index (κ1) is 16.9. The van der Waals surface area contributed by atoms with Gasteiger partial charge in [0.2, 0.25) is 0 Å². The number of nitrogens with one attached hydrogen (secondary N) is 1. The van der Waals surface area contributed by atoms with E-state index in [2.05, 4.69) is 10.4 Å². The summed E-state index contributed by atoms with van der Waals surface area (Å²) in [6.07, 6.45) is 0. The van der Waals surface area contributed by atoms with Gasteiger partial charge in [-0.2, -0.15) is 5.10 Å². The van der Waals surface area contributed by atoms with Gasteiger partial charge in [-0.25, -0.2) is 9.07 Å². The maximum absolute atomic E-state index is 13.2. The second kappa shape index (κ2) is 7.30. The summed E-state index contributed by atoms with van der Waals surface area (Å²) in [4.78, 5) is 12.6. The van der Waals surface area contributed by atoms with Crippen LogP contribution in [0.1, 0.15) is 24.3 Å². The van der Waals surface area contributed by atoms with Crippen molar-refractivity contribution in [3.05, 3.63) is 72.2 Å². The van der Waals surface area contributed by atoms with Gasteiger partial charge >= 0.3 is 0 Å². The third kappa shape index (κ3) is 3.94. The van der Waals surface area contributed by atoms with Crippen LogP contribution >= 0.6 is 0 Å². The average molecular weight is 337 g/mol. The van der Waals surface area contributed by atoms with Crippen LogP contribution in [0.25, 0.3) is 16.9 Å². The van der Waals surface area contributed by atoms with Crippen LogP contribution in [-0.2, 0) is 0 Å². The Labute approximate surface area is 146 Å². The number of hydrogen-bond donors (Lipinski definition) is 1. The minimum absolute atomic E-state index is 0.201. The van der Waals surface area contributed by atoms with E-state index in [-0.39, 0.29) is 11.7 Å². The Kier molecular flexibility index (Phi) is 4.93. The molecule has 4 nitrogen and oxygen atoms in total. The van der Waals surface area contributed by atoms with E-state index in [4.69, 9.17) is 0 Å². The van der Waals surface area contributed by atoms with Crippen LogP contribution in [0.15, 0.2) is 60.7 Å². The number of carbonyl (C=O) groups is 1. The van der Waals surface area contributed by atoms with Crippen molar-refractivity contribution in [3.8, 4) is 16.9 Å². The summed E-state index contributed by atoms with van der Waals surface area (Å²) in [5.74, 6) is -0.183. The van der Waals surface area contributed by atoms with Crippen LogP contribution in [0.5, 0.6) is 0 Å². The zero-order chi connectivity index (χ0) is 17.8. The van der Waals surface area contributed by atoms with Crippen molar-refractivity contribution in [1.29, 1.82) is 0 Å². The molecule has 25 heavy (non-hydrogen) atoms. The molecule has 1 aromatic heterocycles. The predicted molar refractivity (Wildman–Crippen MR) is 96.1 cm³/mol. The molecule has 0 saturated carbocycles. The molecule has 5 heteroatoms. The number of halogens is 1. The number of rotatable bonds is 5. The van der Waals surface area contributed by atoms with Gasteiger partial charge in [0, 0.05) is 12.1 Å². The minimum Gasteiger partial charge on any atom is -0.350 e. The van der Waals surface area contributed by atoms with Gasteiger partial charge in [0.15, 0.2) is 0 Å². The molecule has 1 N–H and O–H groups in total. The van der Waals surface area contributed by atoms with Gasteiger partial charge in [-0.3, -0.25) is 4.79 Å². The lowest BCUT2D eigenvalue weighted by molar-refractivity contribution is 0.0941. The fraction of sp³-hybridized carbons (Fsp3) is 0.200. The van der Waals surface area contributed by atoms with Crippen LogP contribution in [0.4, 0.5) is 4.39 Å². The van der Waals surface area contributed by atoms with Crippen molar-refractivity contribution in [1.82, 2.24) is 15.1 Å². The monoisotopic (exact) mass is 337 g/mol. The maximum Gasteiger partial charge on any atom is 0.270 e. The summed E-state index contributed by atoms with van der Waals surface area (Å²) in [6.45, 7) is 4.65. The molecule has 0 aliphatic rings. The summed E-state index contributed by atoms with van der Waals surface area (Å²) in [6, 6.07) is 17.3. The first-order valence-corrected chi connectivity index (χ1v) is 8.24. The quantitative estimate of drug-likeness (QED) is 0.763. The molecule has 0 radical (unpaired) electrons. The van der Waals surface area contributed by atoms with Crippen molar-refractivity contribution in [2.45, 2.75) is 13.8 Å². The summed E-state index contributed by atoms with van der Waals surface area (Å²) >= 11 is 0. The lowest BCUT2D eigenvalue weighted by atomic mass is 10.1. The Hall–Kier alpha value is -2.95. The van der Waals surface area contributed by atoms with E-state index in [9.17, 15) is 9.18 Å². The van der Waals surface area contributed by atoms with E-state index in [0.29, 0.717) is 29.5 Å². The largest absolute Gasteiger partial charge is 0.350 e. The Morgan fingerprint density at radius 1 is 1.12 bits per heavy atom. The number of hydrogen-bond acceptors (Lipinski definition) is 2. The zero-order valence-electron chi connectivity index (χ0n) is 14.2. The third-order valence-corrected chi connectivity index (χ3v) is 3.75. The van der Waals surface area contributed by atoms with Gasteiger partial charge in [-0.05, 0) is 36.2 Å². The Morgan fingerprint density at radius 3 is 2.44 bits per heavy atom. The SMILES string of the molecule is CC(C)CNC(=O)c1cc(-c2ccccc2)nn1-c1ccc(F)cc1. The summed E-state index contributed by atoms with van der Waals surface area (Å²) < 4.78 is 14.8. The van der Waals surface area contributed by atoms with Gasteiger partial charge in [0.25, 0.3) is 5.91 Å². The van der Waals surface area contributed by atoms with Crippen molar-refractivity contribution in [3.63, 3.8) is 0 Å². The highest BCUT2D eigenvalue weighted by Gasteiger charge is 2.17. The molecular weight excluding hydrogens is 317 g/mol. The highest BCUT2D eigenvalue weighted by atomic mass is 19.1. The topological polar surface area (TPSA) is 46.9 Å². The lowest BCUT2D eigenvalue weighted by Gasteiger charge is -2.09. The molecule has 0 bridgehead atoms. The summed E-state index contributed by atoms with van der Waals surface area (Å²) in [5.41, 5.74) is 2.67. The molecule has 2 aromatic carbocycles. The first-order chi connectivity index (χ1) is 12.0. The number of benzene rings is 2. The molecule has 0 atom stereocenters. The summed E-state index contributed by atoms with van der Waals surface area (Å²) in [5, 5.41) is 7.47. The zero-order valence-corrected chi connectivity index (χ0v) is 14.2. The molecule has 0 fully saturated rings. The molecule has 0 aliphatic carbocycles. The van der Waals surface area contributed by atoms with Crippen molar-refractivity contribution in [2.75, 3.05) is 6.54 Å². The van der Waals surface area contributed by atoms with Gasteiger partial charge in [-0.1, -0.05) is 44.2 Å². The van der Waals surface area contributed by atoms with E-state index in [1.54, 1.807) is 22.9 Å². The molecule has 1 heterocycles. The van der Waals surface area contributed by atoms with Crippen LogP contribution < -0.4 is 5.32 Å². The van der Waals surface area contributed by atoms with Gasteiger partial charge < -0.3 is 5.32 Å². The van der Waals surface area contributed by atoms with Gasteiger partial charge in [0.1, 0.15) is 11.5 Å². The van der Waals surface area contributed by atoms with E-state index in [1.807, 2.05) is 44.2 Å². The molecule has 3 rings (SSSR count). The third-order valence-electron chi connectivity index (χ3n) is 3.75. The smallest absolute Gasteiger partial charge is 0.270 e. The second-order valence-corrected chi connectivity index (χ2v) is 6.27.